The van der Waals surface area contributed by atoms with Crippen molar-refractivity contribution in [2.24, 2.45) is 23.7 Å². The molecular weight excluding hydrogens is 801 g/mol. The molecule has 7 rings (SSSR count). The molecule has 62 heavy (non-hydrogen) atoms. The van der Waals surface area contributed by atoms with E-state index in [0.717, 1.165) is 18.4 Å². The maximum absolute atomic E-state index is 14.4. The fourth-order valence-electron chi connectivity index (χ4n) is 11.0. The molecule has 1 spiro atoms. The van der Waals surface area contributed by atoms with E-state index < -0.39 is 90.8 Å². The van der Waals surface area contributed by atoms with Crippen molar-refractivity contribution >= 4 is 5.97 Å². The molecule has 0 radical (unpaired) electrons. The Hall–Kier alpha value is -2.05. The Kier molecular flexibility index (Phi) is 15.3. The smallest absolute Gasteiger partial charge is 0.316 e. The van der Waals surface area contributed by atoms with E-state index in [-0.39, 0.29) is 30.8 Å². The minimum Gasteiger partial charge on any atom is -0.462 e. The summed E-state index contributed by atoms with van der Waals surface area (Å²) in [6.45, 7) is 16.3. The van der Waals surface area contributed by atoms with Crippen molar-refractivity contribution in [3.63, 3.8) is 0 Å². The molecular formula is C48H74O14. The van der Waals surface area contributed by atoms with E-state index >= 15 is 0 Å². The normalized spacial score (nSPS) is 49.4. The minimum absolute atomic E-state index is 0.00708. The Morgan fingerprint density at radius 3 is 2.35 bits per heavy atom. The maximum Gasteiger partial charge on any atom is 0.316 e. The van der Waals surface area contributed by atoms with E-state index in [2.05, 4.69) is 40.7 Å². The average molecular weight is 875 g/mol. The minimum atomic E-state index is -1.82. The van der Waals surface area contributed by atoms with Crippen molar-refractivity contribution in [3.8, 4) is 0 Å². The fraction of sp³-hybridized carbons (Fsp3) is 0.812. The molecule has 6 aliphatic heterocycles. The quantitative estimate of drug-likeness (QED) is 0.204. The van der Waals surface area contributed by atoms with Gasteiger partial charge in [0.25, 0.3) is 0 Å². The number of carbonyl (C=O) groups is 1. The van der Waals surface area contributed by atoms with Crippen LogP contribution >= 0.6 is 0 Å². The molecule has 0 saturated carbocycles. The van der Waals surface area contributed by atoms with Crippen LogP contribution in [0.15, 0.2) is 47.1 Å². The highest BCUT2D eigenvalue weighted by Crippen LogP contribution is 2.48. The monoisotopic (exact) mass is 875 g/mol. The number of aliphatic hydroxyl groups excluding tert-OH is 2. The molecule has 14 heteroatoms. The summed E-state index contributed by atoms with van der Waals surface area (Å²) in [6, 6.07) is 0. The number of ether oxygens (including phenoxy) is 10. The molecule has 0 aromatic rings. The van der Waals surface area contributed by atoms with Crippen LogP contribution in [0.3, 0.4) is 0 Å². The number of hydrogen-bond donors (Lipinski definition) is 3. The van der Waals surface area contributed by atoms with E-state index in [1.807, 2.05) is 19.1 Å². The number of rotatable bonds is 8. The van der Waals surface area contributed by atoms with Gasteiger partial charge in [-0.3, -0.25) is 4.79 Å². The Bertz CT molecular complexity index is 1680. The van der Waals surface area contributed by atoms with Crippen LogP contribution < -0.4 is 0 Å². The lowest BCUT2D eigenvalue weighted by Gasteiger charge is -2.51. The summed E-state index contributed by atoms with van der Waals surface area (Å²) < 4.78 is 63.9. The molecule has 2 bridgehead atoms. The van der Waals surface area contributed by atoms with Crippen LogP contribution in [0.1, 0.15) is 107 Å². The predicted octanol–water partition coefficient (Wildman–Crippen LogP) is 5.60. The highest BCUT2D eigenvalue weighted by molar-refractivity contribution is 5.78. The van der Waals surface area contributed by atoms with E-state index in [0.29, 0.717) is 61.5 Å². The van der Waals surface area contributed by atoms with Crippen LogP contribution in [0.4, 0.5) is 0 Å². The molecule has 3 N–H and O–H groups in total. The Morgan fingerprint density at radius 1 is 0.919 bits per heavy atom. The molecule has 0 amide bonds. The highest BCUT2D eigenvalue weighted by atomic mass is 16.7. The third kappa shape index (κ3) is 9.73. The molecule has 6 heterocycles. The lowest BCUT2D eigenvalue weighted by molar-refractivity contribution is -0.340. The number of aliphatic hydroxyl groups is 3. The first-order valence-electron chi connectivity index (χ1n) is 23.2. The highest BCUT2D eigenvalue weighted by Gasteiger charge is 2.60. The third-order valence-electron chi connectivity index (χ3n) is 14.9. The Labute approximate surface area is 368 Å². The van der Waals surface area contributed by atoms with Crippen molar-refractivity contribution < 1.29 is 67.5 Å². The molecule has 0 aromatic heterocycles. The van der Waals surface area contributed by atoms with Crippen LogP contribution in [-0.4, -0.2) is 139 Å². The molecule has 20 atom stereocenters. The van der Waals surface area contributed by atoms with Gasteiger partial charge in [-0.15, -0.1) is 0 Å². The first-order chi connectivity index (χ1) is 29.5. The van der Waals surface area contributed by atoms with Gasteiger partial charge in [0.15, 0.2) is 18.4 Å². The van der Waals surface area contributed by atoms with Crippen LogP contribution in [0, 0.1) is 23.7 Å². The molecule has 7 aliphatic rings. The van der Waals surface area contributed by atoms with Crippen molar-refractivity contribution in [1.82, 2.24) is 0 Å². The van der Waals surface area contributed by atoms with Crippen molar-refractivity contribution in [2.45, 2.75) is 204 Å². The van der Waals surface area contributed by atoms with E-state index in [9.17, 15) is 20.1 Å². The number of carbonyl (C=O) groups excluding carboxylic acids is 1. The van der Waals surface area contributed by atoms with Gasteiger partial charge in [0, 0.05) is 52.2 Å². The van der Waals surface area contributed by atoms with E-state index in [1.165, 1.54) is 0 Å². The summed E-state index contributed by atoms with van der Waals surface area (Å²) in [4.78, 5) is 14.4. The first-order valence-corrected chi connectivity index (χ1v) is 23.2. The zero-order valence-electron chi connectivity index (χ0n) is 38.5. The molecule has 1 unspecified atom stereocenters. The number of hydrogen-bond acceptors (Lipinski definition) is 14. The van der Waals surface area contributed by atoms with Crippen LogP contribution in [-0.2, 0) is 52.2 Å². The second-order valence-corrected chi connectivity index (χ2v) is 19.4. The molecule has 5 fully saturated rings. The van der Waals surface area contributed by atoms with E-state index in [1.54, 1.807) is 40.2 Å². The third-order valence-corrected chi connectivity index (χ3v) is 14.9. The second-order valence-electron chi connectivity index (χ2n) is 19.4. The number of methoxy groups -OCH3 is 2. The van der Waals surface area contributed by atoms with Gasteiger partial charge in [0.1, 0.15) is 42.0 Å². The van der Waals surface area contributed by atoms with Gasteiger partial charge >= 0.3 is 5.97 Å². The average Bonchev–Trinajstić information content (AvgIpc) is 3.58. The Balaban J connectivity index is 1.18. The Morgan fingerprint density at radius 2 is 1.63 bits per heavy atom. The summed E-state index contributed by atoms with van der Waals surface area (Å²) in [6.07, 6.45) is 6.53. The van der Waals surface area contributed by atoms with Crippen LogP contribution in [0.25, 0.3) is 0 Å². The number of allylic oxidation sites excluding steroid dienone is 2. The molecule has 0 aromatic carbocycles. The van der Waals surface area contributed by atoms with Crippen molar-refractivity contribution in [2.75, 3.05) is 20.8 Å². The number of esters is 1. The largest absolute Gasteiger partial charge is 0.462 e. The molecule has 350 valence electrons. The standard InChI is InChI=1S/C48H74O14/c1-11-25(2)43-28(5)17-18-47(62-43)23-34-20-33(61-47)16-15-27(4)42(26(3)13-12-14-32-24-55-45-40(49)29(6)19-35(46(51)58-34)48(32,45)52)59-39-22-37(54-10)44(31(8)57-39)60-38-21-36(53-9)41(50)30(7)56-38/h12-15,19,25-26,28,30-31,33-45,49-50,52H,11,16-18,20-24H2,1-10H3/b13-12+,27-15+,32-14+/t25?,26-,28-,30+,31-,33+,34-,35-,36+,37-,38-,39-,40+,41+,42-,43+,44-,45+,47+,48+/m0/s1. The zero-order valence-corrected chi connectivity index (χ0v) is 38.5. The van der Waals surface area contributed by atoms with Gasteiger partial charge in [0.05, 0.1) is 49.3 Å². The van der Waals surface area contributed by atoms with Crippen molar-refractivity contribution in [1.29, 1.82) is 0 Å². The predicted molar refractivity (Wildman–Crippen MR) is 227 cm³/mol. The summed E-state index contributed by atoms with van der Waals surface area (Å²) in [5.41, 5.74) is 0.188. The molecule has 14 nitrogen and oxygen atoms in total. The SMILES string of the molecule is CCC(C)[C@H]1O[C@]2(CC[C@@H]1C)C[C@@H]1C[C@@H](C/C=C(\C)[C@@H](O[C@H]3C[C@H](OC)[C@@H](O[C@H]4C[C@@H](OC)[C@H](O)[C@@H](C)O4)[C@H](C)O3)[C@@H](C)/C=C/C=C3\CO[C@@H]4[C@H](O)C(C)=C[C@@H](C(=O)O1)[C@]34O)O2. The maximum atomic E-state index is 14.4. The van der Waals surface area contributed by atoms with Gasteiger partial charge in [0.2, 0.25) is 0 Å². The molecule has 5 saturated heterocycles. The van der Waals surface area contributed by atoms with Crippen LogP contribution in [0.5, 0.6) is 0 Å². The lowest BCUT2D eigenvalue weighted by atomic mass is 9.71. The topological polar surface area (TPSA) is 170 Å². The van der Waals surface area contributed by atoms with Gasteiger partial charge in [-0.2, -0.15) is 0 Å². The fourth-order valence-corrected chi connectivity index (χ4v) is 11.0. The summed E-state index contributed by atoms with van der Waals surface area (Å²) in [7, 11) is 3.23. The lowest BCUT2D eigenvalue weighted by Crippen LogP contribution is -2.58. The van der Waals surface area contributed by atoms with Crippen molar-refractivity contribution in [3.05, 3.63) is 47.1 Å². The van der Waals surface area contributed by atoms with Crippen LogP contribution in [0.2, 0.25) is 0 Å². The van der Waals surface area contributed by atoms with Gasteiger partial charge in [-0.1, -0.05) is 64.5 Å². The number of fused-ring (bicyclic) bond motifs is 2. The van der Waals surface area contributed by atoms with E-state index in [4.69, 9.17) is 47.4 Å². The summed E-state index contributed by atoms with van der Waals surface area (Å²) in [5.74, 6) is -2.10. The first kappa shape index (κ1) is 47.9. The van der Waals surface area contributed by atoms with Gasteiger partial charge in [-0.25, -0.2) is 0 Å². The molecule has 1 aliphatic carbocycles. The zero-order chi connectivity index (χ0) is 44.7. The summed E-state index contributed by atoms with van der Waals surface area (Å²) >= 11 is 0. The second kappa shape index (κ2) is 19.8. The van der Waals surface area contributed by atoms with Gasteiger partial charge in [-0.05, 0) is 69.1 Å². The summed E-state index contributed by atoms with van der Waals surface area (Å²) in [5, 5.41) is 34.2. The van der Waals surface area contributed by atoms with Gasteiger partial charge < -0.3 is 62.7 Å².